The maximum absolute atomic E-state index is 5.48. The highest BCUT2D eigenvalue weighted by molar-refractivity contribution is 6.23. The SMILES string of the molecule is Cc1ccccc1-c1ccc(-c2ccc(-c3cccc(-c4nc5c6ccccc6c6ccccc6c5nc4-c4ccccc4)c3)cn2)cc1-c1ccccc1. The number of benzene rings is 8. The first-order valence-electron chi connectivity index (χ1n) is 18.7. The van der Waals surface area contributed by atoms with Crippen molar-refractivity contribution in [2.24, 2.45) is 0 Å². The van der Waals surface area contributed by atoms with Crippen LogP contribution in [0.25, 0.3) is 99.7 Å². The molecular weight excluding hydrogens is 667 g/mol. The summed E-state index contributed by atoms with van der Waals surface area (Å²) in [6.45, 7) is 2.17. The maximum Gasteiger partial charge on any atom is 0.0979 e. The van der Waals surface area contributed by atoms with Gasteiger partial charge in [0.25, 0.3) is 0 Å². The van der Waals surface area contributed by atoms with Crippen molar-refractivity contribution in [2.45, 2.75) is 6.92 Å². The van der Waals surface area contributed by atoms with Crippen LogP contribution in [0.2, 0.25) is 0 Å². The molecule has 0 saturated heterocycles. The van der Waals surface area contributed by atoms with Crippen LogP contribution in [0.4, 0.5) is 0 Å². The van der Waals surface area contributed by atoms with Crippen LogP contribution < -0.4 is 0 Å². The Morgan fingerprint density at radius 2 is 0.873 bits per heavy atom. The summed E-state index contributed by atoms with van der Waals surface area (Å²) >= 11 is 0. The van der Waals surface area contributed by atoms with E-state index in [1.54, 1.807) is 0 Å². The van der Waals surface area contributed by atoms with Gasteiger partial charge in [-0.1, -0.05) is 170 Å². The molecule has 0 unspecified atom stereocenters. The molecule has 55 heavy (non-hydrogen) atoms. The number of hydrogen-bond acceptors (Lipinski definition) is 3. The molecule has 10 aromatic rings. The summed E-state index contributed by atoms with van der Waals surface area (Å²) in [5, 5.41) is 4.57. The summed E-state index contributed by atoms with van der Waals surface area (Å²) in [4.78, 5) is 15.9. The van der Waals surface area contributed by atoms with Crippen LogP contribution in [-0.2, 0) is 0 Å². The molecule has 0 N–H and O–H groups in total. The maximum atomic E-state index is 5.48. The molecule has 0 amide bonds. The quantitative estimate of drug-likeness (QED) is 0.162. The van der Waals surface area contributed by atoms with E-state index >= 15 is 0 Å². The first kappa shape index (κ1) is 32.4. The second-order valence-corrected chi connectivity index (χ2v) is 14.0. The van der Waals surface area contributed by atoms with Gasteiger partial charge in [0.2, 0.25) is 0 Å². The number of nitrogens with zero attached hydrogens (tertiary/aromatic N) is 3. The van der Waals surface area contributed by atoms with Crippen LogP contribution in [0.1, 0.15) is 5.56 Å². The zero-order chi connectivity index (χ0) is 36.7. The molecule has 2 heterocycles. The minimum atomic E-state index is 0.854. The highest BCUT2D eigenvalue weighted by atomic mass is 14.8. The Morgan fingerprint density at radius 3 is 1.53 bits per heavy atom. The summed E-state index contributed by atoms with van der Waals surface area (Å²) in [5.41, 5.74) is 15.8. The predicted molar refractivity (Wildman–Crippen MR) is 230 cm³/mol. The monoisotopic (exact) mass is 701 g/mol. The van der Waals surface area contributed by atoms with Gasteiger partial charge < -0.3 is 0 Å². The van der Waals surface area contributed by atoms with E-state index in [9.17, 15) is 0 Å². The molecule has 0 aliphatic carbocycles. The fraction of sp³-hybridized carbons (Fsp3) is 0.0192. The predicted octanol–water partition coefficient (Wildman–Crippen LogP) is 13.6. The van der Waals surface area contributed by atoms with Crippen molar-refractivity contribution in [2.75, 3.05) is 0 Å². The molecule has 3 heteroatoms. The first-order valence-corrected chi connectivity index (χ1v) is 18.7. The number of aryl methyl sites for hydroxylation is 1. The van der Waals surface area contributed by atoms with E-state index < -0.39 is 0 Å². The number of hydrogen-bond donors (Lipinski definition) is 0. The van der Waals surface area contributed by atoms with E-state index in [4.69, 9.17) is 15.0 Å². The van der Waals surface area contributed by atoms with Crippen LogP contribution in [0, 0.1) is 6.92 Å². The summed E-state index contributed by atoms with van der Waals surface area (Å²) in [7, 11) is 0. The van der Waals surface area contributed by atoms with Gasteiger partial charge in [-0.05, 0) is 69.3 Å². The van der Waals surface area contributed by atoms with E-state index in [0.717, 1.165) is 66.7 Å². The second-order valence-electron chi connectivity index (χ2n) is 14.0. The Bertz CT molecular complexity index is 3020. The molecular formula is C52H35N3. The average molecular weight is 702 g/mol. The van der Waals surface area contributed by atoms with E-state index in [2.05, 4.69) is 189 Å². The fourth-order valence-electron chi connectivity index (χ4n) is 7.91. The molecule has 0 saturated carbocycles. The van der Waals surface area contributed by atoms with E-state index in [1.807, 2.05) is 12.3 Å². The van der Waals surface area contributed by atoms with E-state index in [1.165, 1.54) is 38.6 Å². The van der Waals surface area contributed by atoms with Crippen LogP contribution in [0.15, 0.2) is 194 Å². The molecule has 0 radical (unpaired) electrons. The Kier molecular flexibility index (Phi) is 8.04. The molecule has 3 nitrogen and oxygen atoms in total. The second kappa shape index (κ2) is 13.6. The lowest BCUT2D eigenvalue weighted by atomic mass is 9.90. The normalized spacial score (nSPS) is 11.4. The topological polar surface area (TPSA) is 38.7 Å². The zero-order valence-electron chi connectivity index (χ0n) is 30.3. The van der Waals surface area contributed by atoms with E-state index in [-0.39, 0.29) is 0 Å². The fourth-order valence-corrected chi connectivity index (χ4v) is 7.91. The van der Waals surface area contributed by atoms with Gasteiger partial charge in [0, 0.05) is 39.2 Å². The van der Waals surface area contributed by atoms with Crippen LogP contribution in [0.3, 0.4) is 0 Å². The summed E-state index contributed by atoms with van der Waals surface area (Å²) in [6, 6.07) is 66.2. The van der Waals surface area contributed by atoms with Gasteiger partial charge in [-0.2, -0.15) is 0 Å². The third-order valence-corrected chi connectivity index (χ3v) is 10.7. The summed E-state index contributed by atoms with van der Waals surface area (Å²) < 4.78 is 0. The molecule has 0 aliphatic rings. The standard InChI is InChI=1S/C52H35N3/c1-34-15-8-9-22-41(34)44-29-27-38(32-47(44)35-16-4-2-5-17-35)48-30-28-40(33-53-48)37-20-14-21-39(31-37)50-49(36-18-6-3-7-19-36)54-51-45-25-12-10-23-42(45)43-24-11-13-26-46(43)52(51)55-50/h2-33H,1H3. The molecule has 8 aromatic carbocycles. The minimum absolute atomic E-state index is 0.854. The molecule has 0 aliphatic heterocycles. The van der Waals surface area contributed by atoms with Gasteiger partial charge in [-0.3, -0.25) is 4.98 Å². The summed E-state index contributed by atoms with van der Waals surface area (Å²) in [5.74, 6) is 0. The van der Waals surface area contributed by atoms with Crippen molar-refractivity contribution >= 4 is 32.6 Å². The van der Waals surface area contributed by atoms with Gasteiger partial charge >= 0.3 is 0 Å². The lowest BCUT2D eigenvalue weighted by molar-refractivity contribution is 1.30. The number of pyridine rings is 1. The summed E-state index contributed by atoms with van der Waals surface area (Å²) in [6.07, 6.45) is 1.98. The van der Waals surface area contributed by atoms with Crippen molar-refractivity contribution in [1.29, 1.82) is 0 Å². The Balaban J connectivity index is 1.07. The lowest BCUT2D eigenvalue weighted by Crippen LogP contribution is -1.97. The molecule has 0 atom stereocenters. The Hall–Kier alpha value is -7.23. The number of rotatable bonds is 6. The molecule has 258 valence electrons. The van der Waals surface area contributed by atoms with Gasteiger partial charge in [0.15, 0.2) is 0 Å². The Morgan fingerprint density at radius 1 is 0.327 bits per heavy atom. The molecule has 0 spiro atoms. The highest BCUT2D eigenvalue weighted by Crippen LogP contribution is 2.40. The lowest BCUT2D eigenvalue weighted by Gasteiger charge is -2.15. The van der Waals surface area contributed by atoms with Crippen molar-refractivity contribution < 1.29 is 0 Å². The van der Waals surface area contributed by atoms with Gasteiger partial charge in [0.1, 0.15) is 0 Å². The van der Waals surface area contributed by atoms with Crippen LogP contribution >= 0.6 is 0 Å². The minimum Gasteiger partial charge on any atom is -0.256 e. The third kappa shape index (κ3) is 5.83. The first-order chi connectivity index (χ1) is 27.2. The van der Waals surface area contributed by atoms with Gasteiger partial charge in [-0.25, -0.2) is 9.97 Å². The highest BCUT2D eigenvalue weighted by Gasteiger charge is 2.18. The molecule has 0 bridgehead atoms. The van der Waals surface area contributed by atoms with Crippen molar-refractivity contribution in [3.05, 3.63) is 200 Å². The van der Waals surface area contributed by atoms with E-state index in [0.29, 0.717) is 0 Å². The number of aromatic nitrogens is 3. The smallest absolute Gasteiger partial charge is 0.0979 e. The van der Waals surface area contributed by atoms with Crippen molar-refractivity contribution in [1.82, 2.24) is 15.0 Å². The molecule has 10 rings (SSSR count). The van der Waals surface area contributed by atoms with Crippen molar-refractivity contribution in [3.8, 4) is 67.2 Å². The van der Waals surface area contributed by atoms with Crippen LogP contribution in [-0.4, -0.2) is 15.0 Å². The Labute approximate surface area is 320 Å². The van der Waals surface area contributed by atoms with Crippen molar-refractivity contribution in [3.63, 3.8) is 0 Å². The van der Waals surface area contributed by atoms with Gasteiger partial charge in [-0.15, -0.1) is 0 Å². The molecule has 2 aromatic heterocycles. The van der Waals surface area contributed by atoms with Gasteiger partial charge in [0.05, 0.1) is 28.1 Å². The zero-order valence-corrected chi connectivity index (χ0v) is 30.3. The molecule has 0 fully saturated rings. The third-order valence-electron chi connectivity index (χ3n) is 10.7. The van der Waals surface area contributed by atoms with Crippen LogP contribution in [0.5, 0.6) is 0 Å². The largest absolute Gasteiger partial charge is 0.256 e. The number of fused-ring (bicyclic) bond motifs is 6. The average Bonchev–Trinajstić information content (AvgIpc) is 3.27.